The quantitative estimate of drug-likeness (QED) is 0.289. The fourth-order valence-electron chi connectivity index (χ4n) is 3.42. The van der Waals surface area contributed by atoms with Gasteiger partial charge in [0.05, 0.1) is 6.61 Å². The van der Waals surface area contributed by atoms with E-state index < -0.39 is 37.1 Å². The fourth-order valence-corrected chi connectivity index (χ4v) is 4.45. The van der Waals surface area contributed by atoms with Crippen LogP contribution < -0.4 is 0 Å². The van der Waals surface area contributed by atoms with Crippen molar-refractivity contribution in [1.82, 2.24) is 0 Å². The molecule has 6 N–H and O–H groups in total. The second kappa shape index (κ2) is 10.6. The first-order valence-electron chi connectivity index (χ1n) is 10.2. The monoisotopic (exact) mass is 462 g/mol. The molecular formula is C24H27FO6S. The zero-order valence-electron chi connectivity index (χ0n) is 17.5. The molecule has 0 unspecified atom stereocenters. The van der Waals surface area contributed by atoms with Crippen LogP contribution in [0.4, 0.5) is 4.39 Å². The summed E-state index contributed by atoms with van der Waals surface area (Å²) in [6.07, 6.45) is -8.02. The third-order valence-corrected chi connectivity index (χ3v) is 6.61. The minimum atomic E-state index is -1.85. The first-order chi connectivity index (χ1) is 15.2. The number of hydrogen-bond acceptors (Lipinski definition) is 7. The zero-order valence-corrected chi connectivity index (χ0v) is 18.3. The van der Waals surface area contributed by atoms with Crippen molar-refractivity contribution in [3.8, 4) is 10.4 Å². The Morgan fingerprint density at radius 3 is 2.19 bits per heavy atom. The maximum absolute atomic E-state index is 13.2. The number of rotatable bonds is 9. The molecule has 0 fully saturated rings. The van der Waals surface area contributed by atoms with E-state index in [1.807, 2.05) is 19.1 Å². The van der Waals surface area contributed by atoms with Crippen molar-refractivity contribution in [2.24, 2.45) is 0 Å². The van der Waals surface area contributed by atoms with Crippen LogP contribution in [0.5, 0.6) is 0 Å². The number of thiophene rings is 1. The van der Waals surface area contributed by atoms with Gasteiger partial charge in [-0.3, -0.25) is 0 Å². The van der Waals surface area contributed by atoms with Crippen LogP contribution in [-0.4, -0.2) is 61.7 Å². The van der Waals surface area contributed by atoms with E-state index in [9.17, 15) is 29.9 Å². The number of hydrogen-bond donors (Lipinski definition) is 6. The Hall–Kier alpha value is -2.17. The zero-order chi connectivity index (χ0) is 23.4. The molecule has 0 amide bonds. The largest absolute Gasteiger partial charge is 0.394 e. The highest BCUT2D eigenvalue weighted by atomic mass is 32.1. The summed E-state index contributed by atoms with van der Waals surface area (Å²) in [5.74, 6) is -0.290. The van der Waals surface area contributed by atoms with Crippen molar-refractivity contribution in [3.05, 3.63) is 82.0 Å². The summed E-state index contributed by atoms with van der Waals surface area (Å²) < 4.78 is 13.2. The van der Waals surface area contributed by atoms with Gasteiger partial charge in [-0.15, -0.1) is 11.3 Å². The summed E-state index contributed by atoms with van der Waals surface area (Å²) in [5, 5.41) is 59.0. The van der Waals surface area contributed by atoms with Gasteiger partial charge in [-0.2, -0.15) is 0 Å². The molecule has 5 atom stereocenters. The molecule has 0 aliphatic heterocycles. The molecule has 3 aromatic rings. The summed E-state index contributed by atoms with van der Waals surface area (Å²) in [5.41, 5.74) is 3.15. The van der Waals surface area contributed by atoms with E-state index in [0.717, 1.165) is 26.4 Å². The molecule has 3 rings (SSSR count). The molecular weight excluding hydrogens is 435 g/mol. The van der Waals surface area contributed by atoms with E-state index in [4.69, 9.17) is 5.11 Å². The topological polar surface area (TPSA) is 121 Å². The van der Waals surface area contributed by atoms with Gasteiger partial charge < -0.3 is 30.6 Å². The SMILES string of the molecule is Cc1ccc([C@@H](O)[C@H](O)[C@@H](O)[C@H](O)[C@H](O)CO)cc1Cc1ccc(-c2ccc(F)cc2)s1. The lowest BCUT2D eigenvalue weighted by Gasteiger charge is -2.29. The van der Waals surface area contributed by atoms with Crippen LogP contribution in [0.25, 0.3) is 10.4 Å². The van der Waals surface area contributed by atoms with Crippen molar-refractivity contribution in [2.75, 3.05) is 6.61 Å². The van der Waals surface area contributed by atoms with Gasteiger partial charge in [-0.05, 0) is 53.4 Å². The molecule has 0 bridgehead atoms. The molecule has 1 aromatic heterocycles. The Labute approximate surface area is 189 Å². The van der Waals surface area contributed by atoms with Gasteiger partial charge in [0.1, 0.15) is 36.3 Å². The number of benzene rings is 2. The van der Waals surface area contributed by atoms with Crippen LogP contribution in [0.1, 0.15) is 27.7 Å². The number of halogens is 1. The molecule has 0 spiro atoms. The lowest BCUT2D eigenvalue weighted by Crippen LogP contribution is -2.47. The van der Waals surface area contributed by atoms with Crippen molar-refractivity contribution >= 4 is 11.3 Å². The fraction of sp³-hybridized carbons (Fsp3) is 0.333. The minimum Gasteiger partial charge on any atom is -0.394 e. The van der Waals surface area contributed by atoms with Crippen molar-refractivity contribution in [2.45, 2.75) is 43.9 Å². The molecule has 0 aliphatic rings. The molecule has 32 heavy (non-hydrogen) atoms. The van der Waals surface area contributed by atoms with E-state index in [2.05, 4.69) is 0 Å². The average molecular weight is 463 g/mol. The minimum absolute atomic E-state index is 0.290. The van der Waals surface area contributed by atoms with Gasteiger partial charge in [0, 0.05) is 16.2 Å². The molecule has 2 aromatic carbocycles. The van der Waals surface area contributed by atoms with Crippen LogP contribution >= 0.6 is 11.3 Å². The van der Waals surface area contributed by atoms with Gasteiger partial charge in [-0.25, -0.2) is 4.39 Å². The molecule has 1 heterocycles. The second-order valence-corrected chi connectivity index (χ2v) is 8.97. The summed E-state index contributed by atoms with van der Waals surface area (Å²) in [6, 6.07) is 15.4. The molecule has 172 valence electrons. The normalized spacial score (nSPS) is 16.4. The molecule has 0 aliphatic carbocycles. The Balaban J connectivity index is 1.76. The van der Waals surface area contributed by atoms with E-state index in [0.29, 0.717) is 12.0 Å². The first kappa shape index (κ1) is 24.5. The van der Waals surface area contributed by atoms with Gasteiger partial charge in [0.25, 0.3) is 0 Å². The summed E-state index contributed by atoms with van der Waals surface area (Å²) in [6.45, 7) is 1.13. The molecule has 0 saturated heterocycles. The highest BCUT2D eigenvalue weighted by molar-refractivity contribution is 7.15. The lowest BCUT2D eigenvalue weighted by atomic mass is 9.92. The molecule has 0 saturated carbocycles. The maximum atomic E-state index is 13.2. The van der Waals surface area contributed by atoms with Crippen molar-refractivity contribution < 1.29 is 35.0 Å². The third kappa shape index (κ3) is 5.60. The standard InChI is InChI=1S/C24H27FO6S/c1-13-2-3-15(21(28)23(30)24(31)22(29)19(27)12-26)10-16(13)11-18-8-9-20(32-18)14-4-6-17(25)7-5-14/h2-10,19,21-24,26-31H,11-12H2,1H3/t19-,21-,22-,23+,24+/m1/s1. The predicted molar refractivity (Wildman–Crippen MR) is 120 cm³/mol. The number of aliphatic hydroxyl groups is 6. The van der Waals surface area contributed by atoms with Gasteiger partial charge >= 0.3 is 0 Å². The summed E-state index contributed by atoms with van der Waals surface area (Å²) >= 11 is 1.57. The summed E-state index contributed by atoms with van der Waals surface area (Å²) in [4.78, 5) is 2.06. The van der Waals surface area contributed by atoms with Crippen molar-refractivity contribution in [1.29, 1.82) is 0 Å². The smallest absolute Gasteiger partial charge is 0.123 e. The Morgan fingerprint density at radius 2 is 1.53 bits per heavy atom. The van der Waals surface area contributed by atoms with Gasteiger partial charge in [0.2, 0.25) is 0 Å². The predicted octanol–water partition coefficient (Wildman–Crippen LogP) is 1.92. The average Bonchev–Trinajstić information content (AvgIpc) is 3.26. The molecule has 6 nitrogen and oxygen atoms in total. The van der Waals surface area contributed by atoms with E-state index in [1.54, 1.807) is 41.7 Å². The molecule has 8 heteroatoms. The van der Waals surface area contributed by atoms with Crippen LogP contribution in [0, 0.1) is 12.7 Å². The highest BCUT2D eigenvalue weighted by Gasteiger charge is 2.34. The van der Waals surface area contributed by atoms with Crippen LogP contribution in [0.2, 0.25) is 0 Å². The lowest BCUT2D eigenvalue weighted by molar-refractivity contribution is -0.141. The van der Waals surface area contributed by atoms with Crippen LogP contribution in [0.15, 0.2) is 54.6 Å². The van der Waals surface area contributed by atoms with E-state index in [1.165, 1.54) is 12.1 Å². The molecule has 0 radical (unpaired) electrons. The Morgan fingerprint density at radius 1 is 0.844 bits per heavy atom. The third-order valence-electron chi connectivity index (χ3n) is 5.47. The Bertz CT molecular complexity index is 1020. The Kier molecular flexibility index (Phi) is 8.13. The van der Waals surface area contributed by atoms with E-state index in [-0.39, 0.29) is 5.82 Å². The summed E-state index contributed by atoms with van der Waals surface area (Å²) in [7, 11) is 0. The maximum Gasteiger partial charge on any atom is 0.123 e. The van der Waals surface area contributed by atoms with E-state index >= 15 is 0 Å². The second-order valence-electron chi connectivity index (χ2n) is 7.80. The van der Waals surface area contributed by atoms with Gasteiger partial charge in [0.15, 0.2) is 0 Å². The first-order valence-corrected chi connectivity index (χ1v) is 11.0. The van der Waals surface area contributed by atoms with Crippen molar-refractivity contribution in [3.63, 3.8) is 0 Å². The number of aliphatic hydroxyl groups excluding tert-OH is 6. The number of aryl methyl sites for hydroxylation is 1. The van der Waals surface area contributed by atoms with Crippen LogP contribution in [0.3, 0.4) is 0 Å². The van der Waals surface area contributed by atoms with Gasteiger partial charge in [-0.1, -0.05) is 30.3 Å². The van der Waals surface area contributed by atoms with Crippen LogP contribution in [-0.2, 0) is 6.42 Å². The highest BCUT2D eigenvalue weighted by Crippen LogP contribution is 2.31.